The maximum atomic E-state index is 11.5. The van der Waals surface area contributed by atoms with Crippen LogP contribution in [-0.4, -0.2) is 51.3 Å². The molecule has 1 heterocycles. The zero-order chi connectivity index (χ0) is 16.5. The van der Waals surface area contributed by atoms with E-state index in [1.165, 1.54) is 4.90 Å². The van der Waals surface area contributed by atoms with Crippen LogP contribution in [0, 0.1) is 5.92 Å². The summed E-state index contributed by atoms with van der Waals surface area (Å²) in [6.45, 7) is 4.20. The van der Waals surface area contributed by atoms with Gasteiger partial charge in [-0.1, -0.05) is 18.2 Å². The molecule has 0 aromatic heterocycles. The van der Waals surface area contributed by atoms with Gasteiger partial charge in [0.2, 0.25) is 0 Å². The van der Waals surface area contributed by atoms with E-state index in [0.29, 0.717) is 12.3 Å². The van der Waals surface area contributed by atoms with Gasteiger partial charge >= 0.3 is 0 Å². The van der Waals surface area contributed by atoms with Crippen LogP contribution in [0.4, 0.5) is 0 Å². The average molecular weight is 483 g/mol. The predicted molar refractivity (Wildman–Crippen MR) is 113 cm³/mol. The molecule has 0 radical (unpaired) electrons. The summed E-state index contributed by atoms with van der Waals surface area (Å²) in [5.74, 6) is 2.47. The van der Waals surface area contributed by atoms with Gasteiger partial charge < -0.3 is 10.6 Å². The quantitative estimate of drug-likeness (QED) is 0.205. The number of halogens is 1. The van der Waals surface area contributed by atoms with E-state index >= 15 is 0 Å². The van der Waals surface area contributed by atoms with Crippen LogP contribution >= 0.6 is 35.7 Å². The smallest absolute Gasteiger partial charge is 0.191 e. The summed E-state index contributed by atoms with van der Waals surface area (Å²) >= 11 is 1.80. The average Bonchev–Trinajstić information content (AvgIpc) is 2.89. The maximum Gasteiger partial charge on any atom is 0.191 e. The number of benzene rings is 1. The number of nitrogens with one attached hydrogen (secondary N) is 2. The van der Waals surface area contributed by atoms with Crippen molar-refractivity contribution < 1.29 is 8.42 Å². The molecule has 1 unspecified atom stereocenters. The van der Waals surface area contributed by atoms with Crippen LogP contribution < -0.4 is 10.6 Å². The van der Waals surface area contributed by atoms with Crippen molar-refractivity contribution in [3.8, 4) is 0 Å². The van der Waals surface area contributed by atoms with E-state index in [9.17, 15) is 8.42 Å². The minimum absolute atomic E-state index is 0. The molecule has 1 aromatic rings. The number of hydrogen-bond donors (Lipinski definition) is 2. The van der Waals surface area contributed by atoms with Crippen LogP contribution in [-0.2, 0) is 9.84 Å². The highest BCUT2D eigenvalue weighted by Gasteiger charge is 2.27. The van der Waals surface area contributed by atoms with Crippen molar-refractivity contribution in [1.29, 1.82) is 0 Å². The Kier molecular flexibility index (Phi) is 10.1. The SMILES string of the molecule is CCNC(=NCC1CCS(=O)(=O)C1)NCCSc1ccccc1.I. The van der Waals surface area contributed by atoms with Crippen molar-refractivity contribution in [2.75, 3.05) is 36.9 Å². The van der Waals surface area contributed by atoms with Gasteiger partial charge in [0.05, 0.1) is 11.5 Å². The lowest BCUT2D eigenvalue weighted by atomic mass is 10.1. The fourth-order valence-electron chi connectivity index (χ4n) is 2.43. The topological polar surface area (TPSA) is 70.6 Å². The first-order valence-electron chi connectivity index (χ1n) is 7.99. The summed E-state index contributed by atoms with van der Waals surface area (Å²) in [5, 5.41) is 6.51. The van der Waals surface area contributed by atoms with E-state index in [1.54, 1.807) is 11.8 Å². The molecule has 0 saturated carbocycles. The zero-order valence-corrected chi connectivity index (χ0v) is 17.9. The standard InChI is InChI=1S/C16H25N3O2S2.HI/c1-2-17-16(19-12-14-8-11-23(20,21)13-14)18-9-10-22-15-6-4-3-5-7-15;/h3-7,14H,2,8-13H2,1H3,(H2,17,18,19);1H. The van der Waals surface area contributed by atoms with Crippen molar-refractivity contribution in [1.82, 2.24) is 10.6 Å². The molecule has 5 nitrogen and oxygen atoms in total. The minimum atomic E-state index is -2.82. The van der Waals surface area contributed by atoms with Crippen molar-refractivity contribution in [2.24, 2.45) is 10.9 Å². The number of guanidine groups is 1. The monoisotopic (exact) mass is 483 g/mol. The van der Waals surface area contributed by atoms with Gasteiger partial charge in [-0.15, -0.1) is 35.7 Å². The van der Waals surface area contributed by atoms with Crippen LogP contribution in [0.1, 0.15) is 13.3 Å². The van der Waals surface area contributed by atoms with Gasteiger partial charge in [-0.05, 0) is 31.4 Å². The van der Waals surface area contributed by atoms with E-state index in [4.69, 9.17) is 0 Å². The summed E-state index contributed by atoms with van der Waals surface area (Å²) in [7, 11) is -2.82. The van der Waals surface area contributed by atoms with E-state index in [0.717, 1.165) is 31.2 Å². The van der Waals surface area contributed by atoms with Crippen LogP contribution in [0.25, 0.3) is 0 Å². The van der Waals surface area contributed by atoms with Gasteiger partial charge in [-0.2, -0.15) is 0 Å². The van der Waals surface area contributed by atoms with Gasteiger partial charge in [0.1, 0.15) is 0 Å². The number of thioether (sulfide) groups is 1. The molecule has 0 aliphatic carbocycles. The fourth-order valence-corrected chi connectivity index (χ4v) is 5.07. The molecule has 0 spiro atoms. The first-order valence-corrected chi connectivity index (χ1v) is 10.8. The first-order chi connectivity index (χ1) is 11.1. The molecule has 136 valence electrons. The lowest BCUT2D eigenvalue weighted by Gasteiger charge is -2.12. The number of nitrogens with zero attached hydrogens (tertiary/aromatic N) is 1. The first kappa shape index (κ1) is 21.6. The third-order valence-corrected chi connectivity index (χ3v) is 6.44. The van der Waals surface area contributed by atoms with Gasteiger partial charge in [0.15, 0.2) is 15.8 Å². The Hall–Kier alpha value is -0.480. The number of rotatable bonds is 7. The molecule has 1 saturated heterocycles. The molecule has 1 atom stereocenters. The van der Waals surface area contributed by atoms with Gasteiger partial charge in [0, 0.05) is 30.3 Å². The Labute approximate surface area is 166 Å². The summed E-state index contributed by atoms with van der Waals surface area (Å²) in [6, 6.07) is 10.3. The zero-order valence-electron chi connectivity index (χ0n) is 13.9. The summed E-state index contributed by atoms with van der Waals surface area (Å²) < 4.78 is 22.9. The van der Waals surface area contributed by atoms with E-state index in [-0.39, 0.29) is 35.6 Å². The summed E-state index contributed by atoms with van der Waals surface area (Å²) in [6.07, 6.45) is 0.731. The molecule has 2 N–H and O–H groups in total. The maximum absolute atomic E-state index is 11.5. The van der Waals surface area contributed by atoms with E-state index < -0.39 is 9.84 Å². The summed E-state index contributed by atoms with van der Waals surface area (Å²) in [4.78, 5) is 5.78. The lowest BCUT2D eigenvalue weighted by Crippen LogP contribution is -2.38. The second-order valence-corrected chi connectivity index (χ2v) is 8.97. The molecule has 2 rings (SSSR count). The Morgan fingerprint density at radius 3 is 2.67 bits per heavy atom. The van der Waals surface area contributed by atoms with Crippen molar-refractivity contribution in [2.45, 2.75) is 18.2 Å². The summed E-state index contributed by atoms with van der Waals surface area (Å²) in [5.41, 5.74) is 0. The second-order valence-electron chi connectivity index (χ2n) is 5.58. The number of aliphatic imine (C=N–C) groups is 1. The normalized spacial score (nSPS) is 19.5. The molecule has 24 heavy (non-hydrogen) atoms. The Morgan fingerprint density at radius 1 is 1.29 bits per heavy atom. The molecular formula is C16H26IN3O2S2. The van der Waals surface area contributed by atoms with Crippen molar-refractivity contribution in [3.05, 3.63) is 30.3 Å². The Bertz CT molecular complexity index is 609. The van der Waals surface area contributed by atoms with Crippen molar-refractivity contribution in [3.63, 3.8) is 0 Å². The highest BCUT2D eigenvalue weighted by Crippen LogP contribution is 2.18. The minimum Gasteiger partial charge on any atom is -0.357 e. The molecule has 0 amide bonds. The largest absolute Gasteiger partial charge is 0.357 e. The molecule has 8 heteroatoms. The van der Waals surface area contributed by atoms with E-state index in [1.807, 2.05) is 25.1 Å². The van der Waals surface area contributed by atoms with Gasteiger partial charge in [-0.25, -0.2) is 8.42 Å². The third kappa shape index (κ3) is 8.06. The fraction of sp³-hybridized carbons (Fsp3) is 0.562. The molecule has 1 aromatic carbocycles. The third-order valence-electron chi connectivity index (χ3n) is 3.59. The molecule has 1 fully saturated rings. The lowest BCUT2D eigenvalue weighted by molar-refractivity contribution is 0.590. The van der Waals surface area contributed by atoms with Gasteiger partial charge in [-0.3, -0.25) is 4.99 Å². The molecule has 1 aliphatic heterocycles. The highest BCUT2D eigenvalue weighted by molar-refractivity contribution is 14.0. The van der Waals surface area contributed by atoms with Crippen LogP contribution in [0.2, 0.25) is 0 Å². The Morgan fingerprint density at radius 2 is 2.04 bits per heavy atom. The number of hydrogen-bond acceptors (Lipinski definition) is 4. The Balaban J connectivity index is 0.00000288. The van der Waals surface area contributed by atoms with Crippen LogP contribution in [0.5, 0.6) is 0 Å². The second kappa shape index (κ2) is 11.2. The molecular weight excluding hydrogens is 457 g/mol. The predicted octanol–water partition coefficient (Wildman–Crippen LogP) is 2.39. The highest BCUT2D eigenvalue weighted by atomic mass is 127. The molecule has 1 aliphatic rings. The van der Waals surface area contributed by atoms with Crippen LogP contribution in [0.15, 0.2) is 40.2 Å². The van der Waals surface area contributed by atoms with Crippen LogP contribution in [0.3, 0.4) is 0 Å². The molecule has 0 bridgehead atoms. The van der Waals surface area contributed by atoms with Crippen molar-refractivity contribution >= 4 is 51.5 Å². The van der Waals surface area contributed by atoms with E-state index in [2.05, 4.69) is 27.8 Å². The number of sulfone groups is 1. The van der Waals surface area contributed by atoms with Gasteiger partial charge in [0.25, 0.3) is 0 Å².